The van der Waals surface area contributed by atoms with E-state index in [4.69, 9.17) is 0 Å². The fourth-order valence-electron chi connectivity index (χ4n) is 13.1. The third-order valence-electron chi connectivity index (χ3n) is 15.6. The van der Waals surface area contributed by atoms with Crippen LogP contribution in [0.2, 0.25) is 0 Å². The number of hydrogen-bond acceptors (Lipinski definition) is 0. The lowest BCUT2D eigenvalue weighted by atomic mass is 9.69. The van der Waals surface area contributed by atoms with Gasteiger partial charge in [-0.15, -0.1) is 0 Å². The summed E-state index contributed by atoms with van der Waals surface area (Å²) < 4.78 is 0. The third-order valence-corrected chi connectivity index (χ3v) is 15.6. The highest BCUT2D eigenvalue weighted by Crippen LogP contribution is 2.58. The summed E-state index contributed by atoms with van der Waals surface area (Å²) >= 11 is 0. The van der Waals surface area contributed by atoms with Gasteiger partial charge in [-0.2, -0.15) is 0 Å². The topological polar surface area (TPSA) is 0 Å². The van der Waals surface area contributed by atoms with Crippen LogP contribution < -0.4 is 0 Å². The normalized spacial score (nSPS) is 12.9. The van der Waals surface area contributed by atoms with Crippen LogP contribution in [0.25, 0.3) is 76.8 Å². The molecule has 0 saturated carbocycles. The van der Waals surface area contributed by atoms with E-state index in [1.165, 1.54) is 166 Å². The van der Waals surface area contributed by atoms with E-state index in [0.717, 1.165) is 0 Å². The Morgan fingerprint density at radius 1 is 0.200 bits per heavy atom. The minimum atomic E-state index is -0.112. The van der Waals surface area contributed by atoms with E-state index in [2.05, 4.69) is 239 Å². The Labute approximate surface area is 424 Å². The Morgan fingerprint density at radius 2 is 0.343 bits per heavy atom. The van der Waals surface area contributed by atoms with Crippen LogP contribution in [0.1, 0.15) is 172 Å². The van der Waals surface area contributed by atoms with Crippen LogP contribution in [0.5, 0.6) is 0 Å². The minimum Gasteiger partial charge on any atom is -0.0561 e. The molecule has 8 aromatic rings. The number of hydrogen-bond donors (Lipinski definition) is 0. The van der Waals surface area contributed by atoms with Crippen molar-refractivity contribution in [1.82, 2.24) is 0 Å². The van der Waals surface area contributed by atoms with Gasteiger partial charge >= 0.3 is 0 Å². The first kappa shape index (κ1) is 50.9. The maximum atomic E-state index is 2.67. The van der Waals surface area contributed by atoms with Gasteiger partial charge in [0.2, 0.25) is 0 Å². The Kier molecular flexibility index (Phi) is 12.4. The predicted molar refractivity (Wildman–Crippen MR) is 312 cm³/mol. The van der Waals surface area contributed by atoms with Crippen molar-refractivity contribution in [3.63, 3.8) is 0 Å². The molecule has 0 heterocycles. The fraction of sp³-hybridized carbons (Fsp3) is 0.400. The van der Waals surface area contributed by atoms with Gasteiger partial charge in [0.05, 0.1) is 0 Å². The van der Waals surface area contributed by atoms with Gasteiger partial charge in [-0.05, 0) is 273 Å². The number of fused-ring (bicyclic) bond motifs is 3. The summed E-state index contributed by atoms with van der Waals surface area (Å²) in [6, 6.07) is 30.1. The number of aryl methyl sites for hydroxylation is 12. The maximum absolute atomic E-state index is 2.67. The first-order valence-corrected chi connectivity index (χ1v) is 26.2. The van der Waals surface area contributed by atoms with Gasteiger partial charge in [0.15, 0.2) is 0 Å². The van der Waals surface area contributed by atoms with Crippen LogP contribution in [0, 0.1) is 83.1 Å². The summed E-state index contributed by atoms with van der Waals surface area (Å²) in [6.07, 6.45) is 0. The van der Waals surface area contributed by atoms with Crippen molar-refractivity contribution in [3.8, 4) is 44.5 Å². The first-order chi connectivity index (χ1) is 32.2. The zero-order valence-electron chi connectivity index (χ0n) is 47.9. The summed E-state index contributed by atoms with van der Waals surface area (Å²) in [5.41, 5.74) is 31.8. The molecule has 0 bridgehead atoms. The lowest BCUT2D eigenvalue weighted by Crippen LogP contribution is -2.22. The SMILES string of the molecule is Cc1cc(C)c(-c2c3cc(C(C)(C)C)c(C(C)(C)C)cc3c(-c3c(C)cc(C)cc3C)c3c(-c4c(C)cc(C)cc4C)c4cc(C(C)(C)C)c(C(C)(C)C)cc4c(-c4c(C)cc(C)cc4C)c23)c(C)c1. The fourth-order valence-corrected chi connectivity index (χ4v) is 13.1. The Hall–Kier alpha value is -5.46. The van der Waals surface area contributed by atoms with Crippen molar-refractivity contribution in [2.45, 2.75) is 188 Å². The molecule has 0 aliphatic carbocycles. The van der Waals surface area contributed by atoms with E-state index in [1.54, 1.807) is 0 Å². The van der Waals surface area contributed by atoms with E-state index >= 15 is 0 Å². The number of benzene rings is 8. The second-order valence-corrected chi connectivity index (χ2v) is 26.2. The average molecular weight is 925 g/mol. The highest BCUT2D eigenvalue weighted by atomic mass is 14.4. The summed E-state index contributed by atoms with van der Waals surface area (Å²) in [4.78, 5) is 0. The van der Waals surface area contributed by atoms with E-state index in [9.17, 15) is 0 Å². The molecule has 0 unspecified atom stereocenters. The quantitative estimate of drug-likeness (QED) is 0.154. The molecule has 0 atom stereocenters. The molecule has 8 aromatic carbocycles. The van der Waals surface area contributed by atoms with E-state index in [-0.39, 0.29) is 21.7 Å². The zero-order chi connectivity index (χ0) is 51.8. The molecule has 0 saturated heterocycles. The minimum absolute atomic E-state index is 0.112. The molecule has 0 nitrogen and oxygen atoms in total. The summed E-state index contributed by atoms with van der Waals surface area (Å²) in [7, 11) is 0. The molecule has 0 aliphatic rings. The molecule has 0 spiro atoms. The Bertz CT molecular complexity index is 2940. The van der Waals surface area contributed by atoms with Crippen LogP contribution in [-0.2, 0) is 21.7 Å². The molecule has 0 radical (unpaired) electrons. The van der Waals surface area contributed by atoms with Gasteiger partial charge in [-0.1, -0.05) is 154 Å². The maximum Gasteiger partial charge on any atom is -0.0000977 e. The molecule has 364 valence electrons. The van der Waals surface area contributed by atoms with Crippen LogP contribution in [0.15, 0.2) is 72.8 Å². The van der Waals surface area contributed by atoms with E-state index < -0.39 is 0 Å². The lowest BCUT2D eigenvalue weighted by molar-refractivity contribution is 0.531. The van der Waals surface area contributed by atoms with Crippen molar-refractivity contribution in [1.29, 1.82) is 0 Å². The van der Waals surface area contributed by atoms with E-state index in [1.807, 2.05) is 0 Å². The second-order valence-electron chi connectivity index (χ2n) is 26.2. The molecular weight excluding hydrogens is 841 g/mol. The smallest absolute Gasteiger partial charge is 0.0000977 e. The van der Waals surface area contributed by atoms with Gasteiger partial charge in [-0.25, -0.2) is 0 Å². The second kappa shape index (κ2) is 17.1. The standard InChI is InChI=1S/C70H84/c1-37-25-41(5)57(42(6)26-37)61-49-33-53(67(13,14)15)54(68(16,17)18)34-50(49)63(59-45(9)29-39(3)30-46(59)10)66-64(60-47(11)31-40(4)32-48(60)12)52-36-56(70(22,23)24)55(69(19,20)21)35-51(52)62(65(61)66)58-43(7)27-38(2)28-44(58)8/h25-36H,1-24H3. The van der Waals surface area contributed by atoms with Gasteiger partial charge in [0.25, 0.3) is 0 Å². The van der Waals surface area contributed by atoms with Gasteiger partial charge < -0.3 is 0 Å². The summed E-state index contributed by atoms with van der Waals surface area (Å²) in [5, 5.41) is 8.07. The largest absolute Gasteiger partial charge is 0.0561 e. The molecule has 0 aromatic heterocycles. The van der Waals surface area contributed by atoms with Crippen molar-refractivity contribution < 1.29 is 0 Å². The molecule has 0 aliphatic heterocycles. The number of rotatable bonds is 4. The molecule has 0 amide bonds. The highest BCUT2D eigenvalue weighted by molar-refractivity contribution is 6.35. The Morgan fingerprint density at radius 3 is 0.471 bits per heavy atom. The van der Waals surface area contributed by atoms with Crippen molar-refractivity contribution in [2.24, 2.45) is 0 Å². The summed E-state index contributed by atoms with van der Waals surface area (Å²) in [5.74, 6) is 0. The third kappa shape index (κ3) is 8.54. The molecule has 8 rings (SSSR count). The average Bonchev–Trinajstić information content (AvgIpc) is 3.18. The molecular formula is C70H84. The van der Waals surface area contributed by atoms with Crippen LogP contribution in [0.3, 0.4) is 0 Å². The van der Waals surface area contributed by atoms with Gasteiger partial charge in [-0.3, -0.25) is 0 Å². The van der Waals surface area contributed by atoms with E-state index in [0.29, 0.717) is 0 Å². The van der Waals surface area contributed by atoms with Gasteiger partial charge in [0.1, 0.15) is 0 Å². The molecule has 0 fully saturated rings. The highest BCUT2D eigenvalue weighted by Gasteiger charge is 2.35. The van der Waals surface area contributed by atoms with Gasteiger partial charge in [0, 0.05) is 0 Å². The molecule has 70 heavy (non-hydrogen) atoms. The molecule has 0 heteroatoms. The zero-order valence-corrected chi connectivity index (χ0v) is 47.9. The van der Waals surface area contributed by atoms with Crippen molar-refractivity contribution in [3.05, 3.63) is 162 Å². The van der Waals surface area contributed by atoms with Crippen LogP contribution >= 0.6 is 0 Å². The first-order valence-electron chi connectivity index (χ1n) is 26.2. The van der Waals surface area contributed by atoms with Crippen molar-refractivity contribution >= 4 is 32.3 Å². The predicted octanol–water partition coefficient (Wildman–Crippen LogP) is 20.7. The lowest BCUT2D eigenvalue weighted by Gasteiger charge is -2.35. The van der Waals surface area contributed by atoms with Crippen molar-refractivity contribution in [2.75, 3.05) is 0 Å². The molecule has 0 N–H and O–H groups in total. The monoisotopic (exact) mass is 925 g/mol. The van der Waals surface area contributed by atoms with Crippen LogP contribution in [0.4, 0.5) is 0 Å². The Balaban J connectivity index is 1.98. The summed E-state index contributed by atoms with van der Waals surface area (Å²) in [6.45, 7) is 57.0. The van der Waals surface area contributed by atoms with Crippen LogP contribution in [-0.4, -0.2) is 0 Å².